The second-order valence-electron chi connectivity index (χ2n) is 4.49. The molecule has 2 atom stereocenters. The number of hydrogen-bond acceptors (Lipinski definition) is 2. The summed E-state index contributed by atoms with van der Waals surface area (Å²) in [6, 6.07) is 8.61. The van der Waals surface area contributed by atoms with Gasteiger partial charge < -0.3 is 10.5 Å². The fourth-order valence-corrected chi connectivity index (χ4v) is 2.39. The van der Waals surface area contributed by atoms with Crippen LogP contribution in [0.3, 0.4) is 0 Å². The molecule has 2 rings (SSSR count). The van der Waals surface area contributed by atoms with Gasteiger partial charge in [0.05, 0.1) is 12.7 Å². The Labute approximate surface area is 105 Å². The van der Waals surface area contributed by atoms with Gasteiger partial charge >= 0.3 is 0 Å². The summed E-state index contributed by atoms with van der Waals surface area (Å²) in [4.78, 5) is 0. The van der Waals surface area contributed by atoms with Crippen molar-refractivity contribution in [3.8, 4) is 0 Å². The maximum Gasteiger partial charge on any atom is 0.0720 e. The minimum absolute atomic E-state index is 0.337. The molecule has 0 aromatic heterocycles. The van der Waals surface area contributed by atoms with Gasteiger partial charge in [-0.15, -0.1) is 0 Å². The summed E-state index contributed by atoms with van der Waals surface area (Å²) in [6.07, 6.45) is 4.87. The van der Waals surface area contributed by atoms with Crippen molar-refractivity contribution in [1.82, 2.24) is 0 Å². The van der Waals surface area contributed by atoms with Gasteiger partial charge in [0.1, 0.15) is 0 Å². The predicted octanol–water partition coefficient (Wildman–Crippen LogP) is 3.24. The van der Waals surface area contributed by atoms with Crippen LogP contribution in [-0.4, -0.2) is 12.1 Å². The average Bonchev–Trinajstić information content (AvgIpc) is 2.28. The van der Waals surface area contributed by atoms with Crippen molar-refractivity contribution in [1.29, 1.82) is 0 Å². The van der Waals surface area contributed by atoms with Crippen LogP contribution in [0.5, 0.6) is 0 Å². The zero-order chi connectivity index (χ0) is 11.4. The van der Waals surface area contributed by atoms with Crippen molar-refractivity contribution in [2.75, 3.05) is 0 Å². The van der Waals surface area contributed by atoms with Crippen molar-refractivity contribution in [3.63, 3.8) is 0 Å². The van der Waals surface area contributed by atoms with Gasteiger partial charge in [0.25, 0.3) is 0 Å². The molecule has 2 N–H and O–H groups in total. The van der Waals surface area contributed by atoms with Crippen LogP contribution in [0.25, 0.3) is 0 Å². The molecule has 0 heterocycles. The smallest absolute Gasteiger partial charge is 0.0720 e. The van der Waals surface area contributed by atoms with Gasteiger partial charge in [0.15, 0.2) is 0 Å². The standard InChI is InChI=1S/C13H18BrNO/c14-11-6-4-10(5-7-11)9-16-13-3-1-2-12(15)8-13/h4-7,12-13H,1-3,8-9,15H2. The van der Waals surface area contributed by atoms with E-state index in [2.05, 4.69) is 28.1 Å². The van der Waals surface area contributed by atoms with Crippen molar-refractivity contribution in [3.05, 3.63) is 34.3 Å². The third-order valence-corrected chi connectivity index (χ3v) is 3.59. The number of benzene rings is 1. The zero-order valence-corrected chi connectivity index (χ0v) is 10.9. The Morgan fingerprint density at radius 1 is 1.25 bits per heavy atom. The van der Waals surface area contributed by atoms with E-state index in [1.165, 1.54) is 12.0 Å². The molecule has 3 heteroatoms. The van der Waals surface area contributed by atoms with Crippen LogP contribution in [0.2, 0.25) is 0 Å². The van der Waals surface area contributed by atoms with Gasteiger partial charge in [-0.1, -0.05) is 28.1 Å². The van der Waals surface area contributed by atoms with E-state index in [-0.39, 0.29) is 0 Å². The summed E-state index contributed by atoms with van der Waals surface area (Å²) < 4.78 is 6.99. The van der Waals surface area contributed by atoms with Crippen molar-refractivity contribution in [2.45, 2.75) is 44.4 Å². The Morgan fingerprint density at radius 2 is 2.00 bits per heavy atom. The maximum absolute atomic E-state index is 5.93. The summed E-state index contributed by atoms with van der Waals surface area (Å²) in [5, 5.41) is 0. The first-order valence-electron chi connectivity index (χ1n) is 5.85. The number of hydrogen-bond donors (Lipinski definition) is 1. The molecule has 0 spiro atoms. The SMILES string of the molecule is NC1CCCC(OCc2ccc(Br)cc2)C1. The van der Waals surface area contributed by atoms with Gasteiger partial charge in [0, 0.05) is 10.5 Å². The molecule has 0 amide bonds. The van der Waals surface area contributed by atoms with E-state index in [4.69, 9.17) is 10.5 Å². The van der Waals surface area contributed by atoms with Gasteiger partial charge in [0.2, 0.25) is 0 Å². The van der Waals surface area contributed by atoms with E-state index >= 15 is 0 Å². The fraction of sp³-hybridized carbons (Fsp3) is 0.538. The van der Waals surface area contributed by atoms with Crippen LogP contribution in [0.1, 0.15) is 31.2 Å². The molecular weight excluding hydrogens is 266 g/mol. The molecule has 16 heavy (non-hydrogen) atoms. The molecule has 0 saturated heterocycles. The quantitative estimate of drug-likeness (QED) is 0.924. The average molecular weight is 284 g/mol. The largest absolute Gasteiger partial charge is 0.373 e. The van der Waals surface area contributed by atoms with Gasteiger partial charge in [-0.3, -0.25) is 0 Å². The molecule has 1 fully saturated rings. The number of nitrogens with two attached hydrogens (primary N) is 1. The lowest BCUT2D eigenvalue weighted by molar-refractivity contribution is 0.0122. The molecule has 1 aliphatic rings. The Bertz CT molecular complexity index is 325. The first-order valence-corrected chi connectivity index (χ1v) is 6.65. The van der Waals surface area contributed by atoms with Crippen molar-refractivity contribution < 1.29 is 4.74 Å². The minimum Gasteiger partial charge on any atom is -0.373 e. The van der Waals surface area contributed by atoms with Crippen LogP contribution in [0, 0.1) is 0 Å². The third kappa shape index (κ3) is 3.58. The van der Waals surface area contributed by atoms with Gasteiger partial charge in [-0.2, -0.15) is 0 Å². The molecule has 0 radical (unpaired) electrons. The Balaban J connectivity index is 1.80. The summed E-state index contributed by atoms with van der Waals surface area (Å²) in [7, 11) is 0. The fourth-order valence-electron chi connectivity index (χ4n) is 2.13. The van der Waals surface area contributed by atoms with E-state index in [0.717, 1.165) is 23.7 Å². The monoisotopic (exact) mass is 283 g/mol. The minimum atomic E-state index is 0.337. The van der Waals surface area contributed by atoms with E-state index in [1.54, 1.807) is 0 Å². The summed E-state index contributed by atoms with van der Waals surface area (Å²) in [5.74, 6) is 0. The molecule has 1 aromatic carbocycles. The van der Waals surface area contributed by atoms with Crippen LogP contribution in [-0.2, 0) is 11.3 Å². The number of halogens is 1. The van der Waals surface area contributed by atoms with Crippen LogP contribution < -0.4 is 5.73 Å². The first kappa shape index (κ1) is 12.1. The summed E-state index contributed by atoms with van der Waals surface area (Å²) >= 11 is 3.42. The second-order valence-corrected chi connectivity index (χ2v) is 5.40. The highest BCUT2D eigenvalue weighted by atomic mass is 79.9. The van der Waals surface area contributed by atoms with E-state index in [0.29, 0.717) is 18.8 Å². The molecule has 1 aromatic rings. The normalized spacial score (nSPS) is 25.6. The number of ether oxygens (including phenoxy) is 1. The van der Waals surface area contributed by atoms with Gasteiger partial charge in [-0.25, -0.2) is 0 Å². The highest BCUT2D eigenvalue weighted by molar-refractivity contribution is 9.10. The first-order chi connectivity index (χ1) is 7.74. The molecule has 2 unspecified atom stereocenters. The van der Waals surface area contributed by atoms with E-state index in [1.807, 2.05) is 12.1 Å². The Hall–Kier alpha value is -0.380. The highest BCUT2D eigenvalue weighted by Crippen LogP contribution is 2.21. The van der Waals surface area contributed by atoms with E-state index in [9.17, 15) is 0 Å². The summed E-state index contributed by atoms with van der Waals surface area (Å²) in [6.45, 7) is 0.699. The highest BCUT2D eigenvalue weighted by Gasteiger charge is 2.19. The molecule has 1 saturated carbocycles. The number of rotatable bonds is 3. The lowest BCUT2D eigenvalue weighted by Gasteiger charge is -2.26. The van der Waals surface area contributed by atoms with Crippen LogP contribution in [0.15, 0.2) is 28.7 Å². The van der Waals surface area contributed by atoms with E-state index < -0.39 is 0 Å². The lowest BCUT2D eigenvalue weighted by Crippen LogP contribution is -2.32. The Morgan fingerprint density at radius 3 is 2.69 bits per heavy atom. The zero-order valence-electron chi connectivity index (χ0n) is 9.36. The van der Waals surface area contributed by atoms with Crippen LogP contribution in [0.4, 0.5) is 0 Å². The molecule has 2 nitrogen and oxygen atoms in total. The van der Waals surface area contributed by atoms with Crippen LogP contribution >= 0.6 is 15.9 Å². The molecule has 0 bridgehead atoms. The molecular formula is C13H18BrNO. The van der Waals surface area contributed by atoms with Crippen molar-refractivity contribution in [2.24, 2.45) is 5.73 Å². The predicted molar refractivity (Wildman–Crippen MR) is 69.2 cm³/mol. The Kier molecular flexibility index (Phi) is 4.38. The topological polar surface area (TPSA) is 35.2 Å². The third-order valence-electron chi connectivity index (χ3n) is 3.07. The second kappa shape index (κ2) is 5.80. The molecule has 88 valence electrons. The van der Waals surface area contributed by atoms with Crippen molar-refractivity contribution >= 4 is 15.9 Å². The lowest BCUT2D eigenvalue weighted by atomic mass is 9.93. The molecule has 1 aliphatic carbocycles. The maximum atomic E-state index is 5.93. The van der Waals surface area contributed by atoms with Gasteiger partial charge in [-0.05, 0) is 43.4 Å². The molecule has 0 aliphatic heterocycles. The summed E-state index contributed by atoms with van der Waals surface area (Å²) in [5.41, 5.74) is 7.15.